The molecule has 1 aromatic carbocycles. The largest absolute Gasteiger partial charge is 0.479 e. The molecule has 1 amide bonds. The first kappa shape index (κ1) is 27.3. The number of thiazole rings is 1. The smallest absolute Gasteiger partial charge is 0.329 e. The second kappa shape index (κ2) is 10.8. The molecule has 0 bridgehead atoms. The number of carboxylic acid groups (broad SMARTS) is 1. The van der Waals surface area contributed by atoms with Gasteiger partial charge in [0, 0.05) is 42.7 Å². The van der Waals surface area contributed by atoms with Crippen LogP contribution >= 0.6 is 11.3 Å². The molecule has 1 N–H and O–H groups in total. The molecule has 1 aromatic heterocycles. The number of hydrogen-bond donors (Lipinski definition) is 1. The van der Waals surface area contributed by atoms with E-state index in [0.717, 1.165) is 10.6 Å². The lowest BCUT2D eigenvalue weighted by Gasteiger charge is -2.39. The molecule has 4 atom stereocenters. The van der Waals surface area contributed by atoms with Crippen molar-refractivity contribution in [2.75, 3.05) is 20.8 Å². The lowest BCUT2D eigenvalue weighted by atomic mass is 9.82. The van der Waals surface area contributed by atoms with Gasteiger partial charge in [0.25, 0.3) is 5.91 Å². The van der Waals surface area contributed by atoms with Crippen molar-refractivity contribution in [3.8, 4) is 0 Å². The maximum Gasteiger partial charge on any atom is 0.329 e. The first-order valence-corrected chi connectivity index (χ1v) is 12.9. The highest BCUT2D eigenvalue weighted by atomic mass is 32.1. The Balaban J connectivity index is 2.20. The van der Waals surface area contributed by atoms with Gasteiger partial charge in [-0.05, 0) is 43.4 Å². The Labute approximate surface area is 212 Å². The number of carbonyl (C=O) groups is 2. The summed E-state index contributed by atoms with van der Waals surface area (Å²) >= 11 is 1.44. The summed E-state index contributed by atoms with van der Waals surface area (Å²) in [5, 5.41) is 13.2. The number of aliphatic carboxylic acids is 1. The lowest BCUT2D eigenvalue weighted by molar-refractivity contribution is -0.150. The van der Waals surface area contributed by atoms with Gasteiger partial charge in [-0.3, -0.25) is 4.79 Å². The van der Waals surface area contributed by atoms with Crippen LogP contribution < -0.4 is 0 Å². The fraction of sp³-hybridized carbons (Fsp3) is 0.593. The lowest BCUT2D eigenvalue weighted by Crippen LogP contribution is -2.54. The number of ether oxygens (including phenoxy) is 2. The third kappa shape index (κ3) is 5.29. The highest BCUT2D eigenvalue weighted by molar-refractivity contribution is 7.09. The van der Waals surface area contributed by atoms with Crippen LogP contribution in [-0.4, -0.2) is 59.3 Å². The molecule has 1 saturated heterocycles. The second-order valence-electron chi connectivity index (χ2n) is 10.6. The van der Waals surface area contributed by atoms with Crippen LogP contribution in [0, 0.1) is 11.8 Å². The van der Waals surface area contributed by atoms with E-state index in [1.54, 1.807) is 31.4 Å². The molecule has 0 spiro atoms. The van der Waals surface area contributed by atoms with Crippen molar-refractivity contribution in [3.63, 3.8) is 0 Å². The molecule has 0 saturated carbocycles. The number of amides is 1. The summed E-state index contributed by atoms with van der Waals surface area (Å²) in [6.45, 7) is 10.5. The minimum absolute atomic E-state index is 0.0712. The molecule has 1 unspecified atom stereocenters. The molecule has 1 aliphatic heterocycles. The molecule has 0 radical (unpaired) electrons. The van der Waals surface area contributed by atoms with E-state index >= 15 is 0 Å². The van der Waals surface area contributed by atoms with Crippen molar-refractivity contribution in [1.29, 1.82) is 0 Å². The quantitative estimate of drug-likeness (QED) is 0.482. The summed E-state index contributed by atoms with van der Waals surface area (Å²) in [7, 11) is 3.28. The molecule has 8 heteroatoms. The van der Waals surface area contributed by atoms with Crippen LogP contribution in [0.15, 0.2) is 35.8 Å². The van der Waals surface area contributed by atoms with Gasteiger partial charge in [0.05, 0.1) is 18.8 Å². The van der Waals surface area contributed by atoms with E-state index in [9.17, 15) is 14.7 Å². The SMILES string of the molecule is COCC(C)(C)c1cccc(C(=O)N2[C@@H](c3nccs3)[C@H](C(C)OC)C[C@@]2(CC(C)C)C(=O)O)c1. The van der Waals surface area contributed by atoms with E-state index < -0.39 is 17.6 Å². The van der Waals surface area contributed by atoms with Crippen molar-refractivity contribution in [3.05, 3.63) is 52.0 Å². The summed E-state index contributed by atoms with van der Waals surface area (Å²) in [6.07, 6.45) is 2.10. The minimum atomic E-state index is -1.36. The van der Waals surface area contributed by atoms with Gasteiger partial charge in [0.1, 0.15) is 10.5 Å². The summed E-state index contributed by atoms with van der Waals surface area (Å²) in [5.74, 6) is -1.42. The fourth-order valence-electron chi connectivity index (χ4n) is 5.44. The van der Waals surface area contributed by atoms with E-state index in [1.807, 2.05) is 44.4 Å². The van der Waals surface area contributed by atoms with Crippen LogP contribution in [0.1, 0.15) is 74.4 Å². The molecule has 7 nitrogen and oxygen atoms in total. The Kier molecular flexibility index (Phi) is 8.40. The van der Waals surface area contributed by atoms with Gasteiger partial charge in [-0.25, -0.2) is 9.78 Å². The Bertz CT molecular complexity index is 1020. The Morgan fingerprint density at radius 2 is 2.00 bits per heavy atom. The van der Waals surface area contributed by atoms with Gasteiger partial charge in [0.15, 0.2) is 0 Å². The van der Waals surface area contributed by atoms with Crippen LogP contribution in [0.2, 0.25) is 0 Å². The third-order valence-corrected chi connectivity index (χ3v) is 8.00. The topological polar surface area (TPSA) is 89.0 Å². The van der Waals surface area contributed by atoms with Crippen molar-refractivity contribution in [2.45, 2.75) is 70.6 Å². The van der Waals surface area contributed by atoms with Crippen molar-refractivity contribution in [2.24, 2.45) is 11.8 Å². The van der Waals surface area contributed by atoms with E-state index in [0.29, 0.717) is 25.0 Å². The van der Waals surface area contributed by atoms with Crippen molar-refractivity contribution >= 4 is 23.2 Å². The van der Waals surface area contributed by atoms with Crippen LogP contribution in [0.3, 0.4) is 0 Å². The zero-order valence-electron chi connectivity index (χ0n) is 21.8. The minimum Gasteiger partial charge on any atom is -0.479 e. The number of carbonyl (C=O) groups excluding carboxylic acids is 1. The van der Waals surface area contributed by atoms with Gasteiger partial charge < -0.3 is 19.5 Å². The molecule has 192 valence electrons. The first-order valence-electron chi connectivity index (χ1n) is 12.1. The number of methoxy groups -OCH3 is 2. The highest BCUT2D eigenvalue weighted by Crippen LogP contribution is 2.52. The molecule has 1 fully saturated rings. The number of rotatable bonds is 10. The summed E-state index contributed by atoms with van der Waals surface area (Å²) in [6, 6.07) is 6.97. The number of nitrogens with zero attached hydrogens (tertiary/aromatic N) is 2. The Morgan fingerprint density at radius 3 is 2.54 bits per heavy atom. The van der Waals surface area contributed by atoms with E-state index in [4.69, 9.17) is 9.47 Å². The molecular weight excluding hydrogens is 464 g/mol. The molecule has 1 aliphatic rings. The monoisotopic (exact) mass is 502 g/mol. The van der Waals surface area contributed by atoms with E-state index in [-0.39, 0.29) is 29.3 Å². The Morgan fingerprint density at radius 1 is 1.29 bits per heavy atom. The molecule has 2 heterocycles. The van der Waals surface area contributed by atoms with Gasteiger partial charge in [0.2, 0.25) is 0 Å². The van der Waals surface area contributed by atoms with Gasteiger partial charge >= 0.3 is 5.97 Å². The number of hydrogen-bond acceptors (Lipinski definition) is 6. The van der Waals surface area contributed by atoms with E-state index in [2.05, 4.69) is 18.8 Å². The maximum atomic E-state index is 14.3. The van der Waals surface area contributed by atoms with Crippen molar-refractivity contribution < 1.29 is 24.2 Å². The molecule has 35 heavy (non-hydrogen) atoms. The van der Waals surface area contributed by atoms with Gasteiger partial charge in [-0.2, -0.15) is 0 Å². The highest BCUT2D eigenvalue weighted by Gasteiger charge is 2.60. The van der Waals surface area contributed by atoms with Gasteiger partial charge in [-0.1, -0.05) is 39.8 Å². The van der Waals surface area contributed by atoms with Crippen LogP contribution in [-0.2, 0) is 19.7 Å². The summed E-state index contributed by atoms with van der Waals surface area (Å²) < 4.78 is 11.1. The number of aromatic nitrogens is 1. The third-order valence-electron chi connectivity index (χ3n) is 7.16. The fourth-order valence-corrected chi connectivity index (χ4v) is 6.24. The van der Waals surface area contributed by atoms with Crippen molar-refractivity contribution in [1.82, 2.24) is 9.88 Å². The molecule has 0 aliphatic carbocycles. The van der Waals surface area contributed by atoms with Crippen LogP contribution in [0.5, 0.6) is 0 Å². The number of likely N-dealkylation sites (tertiary alicyclic amines) is 1. The van der Waals surface area contributed by atoms with E-state index in [1.165, 1.54) is 11.3 Å². The normalized spacial score (nSPS) is 23.6. The standard InChI is InChI=1S/C27H38N2O5S/c1-17(2)14-27(25(31)32)15-21(18(3)34-7)22(23-28-11-12-35-23)29(27)24(30)19-9-8-10-20(13-19)26(4,5)16-33-6/h8-13,17-18,21-22H,14-16H2,1-7H3,(H,31,32)/t18?,21-,22+,27-/m0/s1. The summed E-state index contributed by atoms with van der Waals surface area (Å²) in [4.78, 5) is 33.5. The van der Waals surface area contributed by atoms with Crippen LogP contribution in [0.25, 0.3) is 0 Å². The average molecular weight is 503 g/mol. The van der Waals surface area contributed by atoms with Crippen LogP contribution in [0.4, 0.5) is 0 Å². The van der Waals surface area contributed by atoms with Gasteiger partial charge in [-0.15, -0.1) is 11.3 Å². The Hall–Kier alpha value is -2.29. The average Bonchev–Trinajstić information content (AvgIpc) is 3.44. The molecule has 2 aromatic rings. The maximum absolute atomic E-state index is 14.3. The zero-order valence-corrected chi connectivity index (χ0v) is 22.6. The predicted octanol–water partition coefficient (Wildman–Crippen LogP) is 5.17. The predicted molar refractivity (Wildman–Crippen MR) is 137 cm³/mol. The summed E-state index contributed by atoms with van der Waals surface area (Å²) in [5.41, 5.74) is -0.244. The number of benzene rings is 1. The zero-order chi connectivity index (χ0) is 26.0. The molecular formula is C27H38N2O5S. The second-order valence-corrected chi connectivity index (χ2v) is 11.6. The number of carboxylic acids is 1. The first-order chi connectivity index (χ1) is 16.5. The molecule has 3 rings (SSSR count).